The van der Waals surface area contributed by atoms with Crippen LogP contribution in [0.2, 0.25) is 0 Å². The molecule has 1 aromatic heterocycles. The third kappa shape index (κ3) is 3.42. The third-order valence-electron chi connectivity index (χ3n) is 5.36. The number of rotatable bonds is 5. The first-order chi connectivity index (χ1) is 13.2. The van der Waals surface area contributed by atoms with E-state index in [9.17, 15) is 9.59 Å². The number of aromatic nitrogens is 2. The molecule has 1 aromatic carbocycles. The fourth-order valence-corrected chi connectivity index (χ4v) is 3.72. The number of benzene rings is 1. The third-order valence-corrected chi connectivity index (χ3v) is 5.36. The highest BCUT2D eigenvalue weighted by atomic mass is 16.2. The van der Waals surface area contributed by atoms with E-state index in [0.717, 1.165) is 28.3 Å². The fraction of sp³-hybridized carbons (Fsp3) is 0.476. The van der Waals surface area contributed by atoms with Crippen LogP contribution in [-0.2, 0) is 29.7 Å². The van der Waals surface area contributed by atoms with Gasteiger partial charge in [-0.25, -0.2) is 0 Å². The minimum absolute atomic E-state index is 0.164. The number of aryl methyl sites for hydroxylation is 2. The van der Waals surface area contributed by atoms with E-state index in [1.54, 1.807) is 30.7 Å². The summed E-state index contributed by atoms with van der Waals surface area (Å²) in [7, 11) is 3.68. The van der Waals surface area contributed by atoms with Crippen LogP contribution in [0.15, 0.2) is 24.3 Å². The molecule has 0 unspecified atom stereocenters. The lowest BCUT2D eigenvalue weighted by Crippen LogP contribution is -2.47. The number of anilines is 2. The first-order valence-corrected chi connectivity index (χ1v) is 9.60. The summed E-state index contributed by atoms with van der Waals surface area (Å²) in [6.07, 6.45) is 0. The summed E-state index contributed by atoms with van der Waals surface area (Å²) in [4.78, 5) is 29.1. The van der Waals surface area contributed by atoms with Crippen LogP contribution in [0.5, 0.6) is 0 Å². The highest BCUT2D eigenvalue weighted by Crippen LogP contribution is 2.38. The molecule has 0 fully saturated rings. The van der Waals surface area contributed by atoms with Gasteiger partial charge in [0, 0.05) is 33.7 Å². The Morgan fingerprint density at radius 2 is 1.75 bits per heavy atom. The van der Waals surface area contributed by atoms with Gasteiger partial charge < -0.3 is 15.1 Å². The van der Waals surface area contributed by atoms with E-state index in [1.165, 1.54) is 0 Å². The van der Waals surface area contributed by atoms with Crippen LogP contribution < -0.4 is 15.1 Å². The van der Waals surface area contributed by atoms with Crippen LogP contribution in [0, 0.1) is 12.3 Å². The van der Waals surface area contributed by atoms with Gasteiger partial charge in [-0.2, -0.15) is 5.10 Å². The first-order valence-electron chi connectivity index (χ1n) is 9.60. The molecule has 150 valence electrons. The van der Waals surface area contributed by atoms with Crippen molar-refractivity contribution in [1.82, 2.24) is 15.1 Å². The summed E-state index contributed by atoms with van der Waals surface area (Å²) < 4.78 is 1.87. The quantitative estimate of drug-likeness (QED) is 0.805. The molecule has 0 spiro atoms. The molecule has 0 saturated heterocycles. The fourth-order valence-electron chi connectivity index (χ4n) is 3.72. The molecule has 2 amide bonds. The van der Waals surface area contributed by atoms with Crippen molar-refractivity contribution in [3.05, 3.63) is 41.2 Å². The summed E-state index contributed by atoms with van der Waals surface area (Å²) in [5, 5.41) is 7.78. The summed E-state index contributed by atoms with van der Waals surface area (Å²) in [6.45, 7) is 9.18. The summed E-state index contributed by atoms with van der Waals surface area (Å²) in [5.41, 5.74) is 3.63. The van der Waals surface area contributed by atoms with Gasteiger partial charge in [-0.3, -0.25) is 14.3 Å². The summed E-state index contributed by atoms with van der Waals surface area (Å²) in [5.74, 6) is -0.353. The Morgan fingerprint density at radius 1 is 1.04 bits per heavy atom. The molecular weight excluding hydrogens is 354 g/mol. The van der Waals surface area contributed by atoms with Gasteiger partial charge in [0.1, 0.15) is 5.41 Å². The van der Waals surface area contributed by atoms with Gasteiger partial charge >= 0.3 is 0 Å². The van der Waals surface area contributed by atoms with Crippen molar-refractivity contribution in [3.63, 3.8) is 0 Å². The number of amides is 2. The van der Waals surface area contributed by atoms with Gasteiger partial charge in [0.2, 0.25) is 11.8 Å². The Morgan fingerprint density at radius 3 is 2.36 bits per heavy atom. The monoisotopic (exact) mass is 383 g/mol. The largest absolute Gasteiger partial charge is 0.313 e. The second kappa shape index (κ2) is 7.39. The predicted molar refractivity (Wildman–Crippen MR) is 110 cm³/mol. The molecular formula is C21H29N5O2. The molecule has 0 aliphatic carbocycles. The number of fused-ring (bicyclic) bond motifs is 1. The van der Waals surface area contributed by atoms with Gasteiger partial charge in [-0.05, 0) is 51.5 Å². The molecule has 0 radical (unpaired) electrons. The average molecular weight is 383 g/mol. The normalized spacial score (nSPS) is 16.4. The lowest BCUT2D eigenvalue weighted by molar-refractivity contribution is -0.137. The number of hydrogen-bond acceptors (Lipinski definition) is 4. The van der Waals surface area contributed by atoms with Crippen molar-refractivity contribution in [3.8, 4) is 0 Å². The molecule has 0 saturated carbocycles. The van der Waals surface area contributed by atoms with Gasteiger partial charge in [0.15, 0.2) is 0 Å². The predicted octanol–water partition coefficient (Wildman–Crippen LogP) is 2.37. The second-order valence-corrected chi connectivity index (χ2v) is 7.87. The maximum Gasteiger partial charge on any atom is 0.242 e. The number of carbonyl (C=O) groups excluding carboxylic acids is 2. The Kier molecular flexibility index (Phi) is 5.30. The van der Waals surface area contributed by atoms with Gasteiger partial charge in [0.05, 0.1) is 22.8 Å². The zero-order valence-electron chi connectivity index (χ0n) is 17.5. The van der Waals surface area contributed by atoms with E-state index in [2.05, 4.69) is 16.5 Å². The first kappa shape index (κ1) is 20.1. The zero-order chi connectivity index (χ0) is 20.6. The lowest BCUT2D eigenvalue weighted by atomic mass is 9.90. The van der Waals surface area contributed by atoms with Crippen LogP contribution in [-0.4, -0.2) is 35.2 Å². The van der Waals surface area contributed by atoms with Crippen LogP contribution in [0.3, 0.4) is 0 Å². The molecule has 7 nitrogen and oxygen atoms in total. The lowest BCUT2D eigenvalue weighted by Gasteiger charge is -2.27. The number of nitrogens with zero attached hydrogens (tertiary/aromatic N) is 4. The van der Waals surface area contributed by atoms with Crippen molar-refractivity contribution >= 4 is 23.2 Å². The van der Waals surface area contributed by atoms with Crippen molar-refractivity contribution in [1.29, 1.82) is 0 Å². The average Bonchev–Trinajstić information content (AvgIpc) is 2.96. The molecule has 0 atom stereocenters. The van der Waals surface area contributed by atoms with E-state index >= 15 is 0 Å². The van der Waals surface area contributed by atoms with Crippen LogP contribution in [0.4, 0.5) is 11.4 Å². The van der Waals surface area contributed by atoms with Gasteiger partial charge in [-0.1, -0.05) is 6.07 Å². The molecule has 3 rings (SSSR count). The summed E-state index contributed by atoms with van der Waals surface area (Å²) >= 11 is 0. The van der Waals surface area contributed by atoms with Crippen molar-refractivity contribution in [2.24, 2.45) is 12.5 Å². The molecule has 2 heterocycles. The minimum atomic E-state index is -1.08. The van der Waals surface area contributed by atoms with Crippen molar-refractivity contribution in [2.75, 3.05) is 23.4 Å². The zero-order valence-corrected chi connectivity index (χ0v) is 17.5. The molecule has 28 heavy (non-hydrogen) atoms. The highest BCUT2D eigenvalue weighted by molar-refractivity contribution is 6.19. The number of carbonyl (C=O) groups is 2. The Bertz CT molecular complexity index is 916. The van der Waals surface area contributed by atoms with E-state index in [1.807, 2.05) is 43.8 Å². The molecule has 0 bridgehead atoms. The molecule has 1 aliphatic heterocycles. The molecule has 1 aliphatic rings. The standard InChI is InChI=1S/C21H29N5O2/c1-7-26-17-9-8-15(12-22-13-16-10-14(2)23-25(16)6)11-18(17)24(5)19(27)21(3,4)20(26)28/h8-11,22H,7,12-13H2,1-6H3. The van der Waals surface area contributed by atoms with E-state index in [-0.39, 0.29) is 11.8 Å². The van der Waals surface area contributed by atoms with E-state index in [4.69, 9.17) is 0 Å². The topological polar surface area (TPSA) is 70.5 Å². The highest BCUT2D eigenvalue weighted by Gasteiger charge is 2.45. The molecule has 2 aromatic rings. The number of nitrogens with one attached hydrogen (secondary N) is 1. The summed E-state index contributed by atoms with van der Waals surface area (Å²) in [6, 6.07) is 8.00. The maximum absolute atomic E-state index is 12.9. The Labute approximate surface area is 166 Å². The second-order valence-electron chi connectivity index (χ2n) is 7.87. The van der Waals surface area contributed by atoms with Gasteiger partial charge in [-0.15, -0.1) is 0 Å². The van der Waals surface area contributed by atoms with E-state index < -0.39 is 5.41 Å². The van der Waals surface area contributed by atoms with Crippen LogP contribution in [0.1, 0.15) is 37.7 Å². The number of hydrogen-bond donors (Lipinski definition) is 1. The Balaban J connectivity index is 1.85. The van der Waals surface area contributed by atoms with Crippen LogP contribution >= 0.6 is 0 Å². The molecule has 7 heteroatoms. The SMILES string of the molecule is CCN1C(=O)C(C)(C)C(=O)N(C)c2cc(CNCc3cc(C)nn3C)ccc21. The smallest absolute Gasteiger partial charge is 0.242 e. The van der Waals surface area contributed by atoms with Crippen molar-refractivity contribution < 1.29 is 9.59 Å². The Hall–Kier alpha value is -2.67. The molecule has 1 N–H and O–H groups in total. The van der Waals surface area contributed by atoms with Gasteiger partial charge in [0.25, 0.3) is 0 Å². The van der Waals surface area contributed by atoms with Crippen molar-refractivity contribution in [2.45, 2.75) is 40.8 Å². The maximum atomic E-state index is 12.9. The van der Waals surface area contributed by atoms with Crippen LogP contribution in [0.25, 0.3) is 0 Å². The minimum Gasteiger partial charge on any atom is -0.313 e. The van der Waals surface area contributed by atoms with E-state index in [0.29, 0.717) is 19.6 Å².